The summed E-state index contributed by atoms with van der Waals surface area (Å²) in [7, 11) is 3.90. The van der Waals surface area contributed by atoms with Crippen LogP contribution in [0, 0.1) is 5.82 Å². The number of nitrogens with zero attached hydrogens (tertiary/aromatic N) is 6. The molecule has 0 saturated heterocycles. The number of fused-ring (bicyclic) bond motifs is 1. The first-order valence-electron chi connectivity index (χ1n) is 11.2. The summed E-state index contributed by atoms with van der Waals surface area (Å²) < 4.78 is 19.2. The van der Waals surface area contributed by atoms with Gasteiger partial charge in [0.15, 0.2) is 0 Å². The summed E-state index contributed by atoms with van der Waals surface area (Å²) in [6.07, 6.45) is 3.45. The molecule has 0 spiro atoms. The van der Waals surface area contributed by atoms with Crippen LogP contribution >= 0.6 is 11.6 Å². The lowest BCUT2D eigenvalue weighted by atomic mass is 10.2. The molecule has 1 aromatic heterocycles. The number of benzene rings is 3. The van der Waals surface area contributed by atoms with Crippen LogP contribution < -0.4 is 15.1 Å². The third kappa shape index (κ3) is 5.36. The quantitative estimate of drug-likeness (QED) is 0.317. The van der Waals surface area contributed by atoms with Crippen molar-refractivity contribution in [2.24, 2.45) is 10.3 Å². The third-order valence-corrected chi connectivity index (χ3v) is 5.69. The zero-order chi connectivity index (χ0) is 25.1. The first kappa shape index (κ1) is 23.5. The molecule has 182 valence electrons. The summed E-state index contributed by atoms with van der Waals surface area (Å²) in [6.45, 7) is 0.787. The minimum Gasteiger partial charge on any atom is -0.487 e. The zero-order valence-corrected chi connectivity index (χ0v) is 20.4. The summed E-state index contributed by atoms with van der Waals surface area (Å²) in [5, 5.41) is 14.9. The fraction of sp³-hybridized carbons (Fsp3) is 0.154. The maximum Gasteiger partial charge on any atom is 0.141 e. The Kier molecular flexibility index (Phi) is 6.64. The molecular formula is C26H23ClFN7O. The zero-order valence-electron chi connectivity index (χ0n) is 19.7. The highest BCUT2D eigenvalue weighted by Gasteiger charge is 2.17. The van der Waals surface area contributed by atoms with E-state index in [4.69, 9.17) is 16.3 Å². The van der Waals surface area contributed by atoms with Crippen molar-refractivity contribution in [3.05, 3.63) is 95.3 Å². The standard InChI is InChI=1S/C26H23ClFN7O/c1-34(2)13-20-14-35(33-32-20)21-7-8-24-22(12-21)26(30-16-29-24)31-19-6-9-25(23(27)11-19)36-15-17-4-3-5-18(28)10-17/h3-13,16H,14-15H2,1-2H3,(H,29,30,31)/b20-13+. The number of anilines is 3. The van der Waals surface area contributed by atoms with E-state index in [0.717, 1.165) is 33.5 Å². The number of halogens is 2. The van der Waals surface area contributed by atoms with E-state index in [1.54, 1.807) is 24.3 Å². The molecule has 0 amide bonds. The molecule has 2 heterocycles. The Labute approximate surface area is 212 Å². The molecule has 0 fully saturated rings. The highest BCUT2D eigenvalue weighted by molar-refractivity contribution is 6.32. The van der Waals surface area contributed by atoms with Crippen molar-refractivity contribution in [3.8, 4) is 5.75 Å². The second-order valence-corrected chi connectivity index (χ2v) is 8.85. The van der Waals surface area contributed by atoms with Crippen LogP contribution in [-0.4, -0.2) is 35.5 Å². The van der Waals surface area contributed by atoms with Crippen LogP contribution in [0.4, 0.5) is 21.6 Å². The van der Waals surface area contributed by atoms with Crippen molar-refractivity contribution in [1.82, 2.24) is 14.9 Å². The number of hydrogen-bond acceptors (Lipinski definition) is 8. The van der Waals surface area contributed by atoms with Gasteiger partial charge in [0.2, 0.25) is 0 Å². The fourth-order valence-corrected chi connectivity index (χ4v) is 4.00. The molecule has 0 radical (unpaired) electrons. The van der Waals surface area contributed by atoms with Gasteiger partial charge in [0, 0.05) is 31.4 Å². The normalized spacial score (nSPS) is 14.0. The van der Waals surface area contributed by atoms with E-state index in [1.807, 2.05) is 54.5 Å². The molecule has 1 aliphatic rings. The van der Waals surface area contributed by atoms with E-state index in [9.17, 15) is 4.39 Å². The average molecular weight is 504 g/mol. The van der Waals surface area contributed by atoms with Crippen LogP contribution in [0.25, 0.3) is 10.9 Å². The summed E-state index contributed by atoms with van der Waals surface area (Å²) >= 11 is 6.46. The van der Waals surface area contributed by atoms with Gasteiger partial charge in [-0.25, -0.2) is 19.4 Å². The van der Waals surface area contributed by atoms with E-state index in [0.29, 0.717) is 23.1 Å². The predicted octanol–water partition coefficient (Wildman–Crippen LogP) is 6.34. The molecule has 0 unspecified atom stereocenters. The van der Waals surface area contributed by atoms with Crippen molar-refractivity contribution in [1.29, 1.82) is 0 Å². The Morgan fingerprint density at radius 1 is 1.11 bits per heavy atom. The van der Waals surface area contributed by atoms with E-state index in [-0.39, 0.29) is 12.4 Å². The van der Waals surface area contributed by atoms with Crippen molar-refractivity contribution in [3.63, 3.8) is 0 Å². The molecular weight excluding hydrogens is 481 g/mol. The molecule has 5 rings (SSSR count). The second-order valence-electron chi connectivity index (χ2n) is 8.44. The van der Waals surface area contributed by atoms with Crippen LogP contribution in [0.2, 0.25) is 5.02 Å². The minimum absolute atomic E-state index is 0.211. The van der Waals surface area contributed by atoms with E-state index < -0.39 is 0 Å². The van der Waals surface area contributed by atoms with Crippen molar-refractivity contribution in [2.45, 2.75) is 6.61 Å². The summed E-state index contributed by atoms with van der Waals surface area (Å²) in [6, 6.07) is 17.5. The number of hydrogen-bond donors (Lipinski definition) is 1. The highest BCUT2D eigenvalue weighted by Crippen LogP contribution is 2.33. The molecule has 10 heteroatoms. The molecule has 4 aromatic rings. The molecule has 0 atom stereocenters. The third-order valence-electron chi connectivity index (χ3n) is 5.40. The molecule has 0 saturated carbocycles. The Morgan fingerprint density at radius 3 is 2.81 bits per heavy atom. The van der Waals surface area contributed by atoms with Crippen LogP contribution in [0.1, 0.15) is 5.56 Å². The Bertz CT molecular complexity index is 1470. The smallest absolute Gasteiger partial charge is 0.141 e. The van der Waals surface area contributed by atoms with E-state index >= 15 is 0 Å². The Hall–Kier alpha value is -4.24. The number of ether oxygens (including phenoxy) is 1. The van der Waals surface area contributed by atoms with Gasteiger partial charge in [-0.3, -0.25) is 0 Å². The predicted molar refractivity (Wildman–Crippen MR) is 139 cm³/mol. The van der Waals surface area contributed by atoms with Gasteiger partial charge >= 0.3 is 0 Å². The first-order chi connectivity index (χ1) is 17.4. The summed E-state index contributed by atoms with van der Waals surface area (Å²) in [5.41, 5.74) is 4.00. The minimum atomic E-state index is -0.305. The molecule has 1 N–H and O–H groups in total. The van der Waals surface area contributed by atoms with Crippen LogP contribution in [0.3, 0.4) is 0 Å². The fourth-order valence-electron chi connectivity index (χ4n) is 3.76. The molecule has 0 bridgehead atoms. The topological polar surface area (TPSA) is 78.2 Å². The average Bonchev–Trinajstić information content (AvgIpc) is 3.31. The maximum atomic E-state index is 13.4. The van der Waals surface area contributed by atoms with Crippen molar-refractivity contribution in [2.75, 3.05) is 31.0 Å². The summed E-state index contributed by atoms with van der Waals surface area (Å²) in [4.78, 5) is 10.8. The van der Waals surface area contributed by atoms with Crippen molar-refractivity contribution < 1.29 is 9.13 Å². The van der Waals surface area contributed by atoms with Crippen LogP contribution in [0.5, 0.6) is 5.75 Å². The monoisotopic (exact) mass is 503 g/mol. The van der Waals surface area contributed by atoms with Gasteiger partial charge in [-0.2, -0.15) is 0 Å². The first-order valence-corrected chi connectivity index (χ1v) is 11.6. The van der Waals surface area contributed by atoms with Gasteiger partial charge in [0.05, 0.1) is 22.8 Å². The number of aromatic nitrogens is 2. The van der Waals surface area contributed by atoms with Gasteiger partial charge in [0.1, 0.15) is 36.0 Å². The maximum absolute atomic E-state index is 13.4. The molecule has 36 heavy (non-hydrogen) atoms. The largest absolute Gasteiger partial charge is 0.487 e. The lowest BCUT2D eigenvalue weighted by Crippen LogP contribution is -2.14. The lowest BCUT2D eigenvalue weighted by molar-refractivity contribution is 0.306. The number of rotatable bonds is 7. The van der Waals surface area contributed by atoms with Crippen LogP contribution in [0.15, 0.2) is 89.2 Å². The summed E-state index contributed by atoms with van der Waals surface area (Å²) in [5.74, 6) is 0.828. The van der Waals surface area contributed by atoms with Crippen molar-refractivity contribution >= 4 is 39.7 Å². The van der Waals surface area contributed by atoms with E-state index in [1.165, 1.54) is 18.5 Å². The molecule has 0 aliphatic carbocycles. The van der Waals surface area contributed by atoms with Gasteiger partial charge in [-0.05, 0) is 54.1 Å². The van der Waals surface area contributed by atoms with Gasteiger partial charge in [-0.1, -0.05) is 29.0 Å². The van der Waals surface area contributed by atoms with Gasteiger partial charge in [-0.15, -0.1) is 5.11 Å². The SMILES string of the molecule is CN(C)/C=C1\CN(c2ccc3ncnc(Nc4ccc(OCc5cccc(F)c5)c(Cl)c4)c3c2)N=N1. The molecule has 3 aromatic carbocycles. The highest BCUT2D eigenvalue weighted by atomic mass is 35.5. The Balaban J connectivity index is 1.34. The molecule has 1 aliphatic heterocycles. The lowest BCUT2D eigenvalue weighted by Gasteiger charge is -2.15. The second kappa shape index (κ2) is 10.2. The molecule has 8 nitrogen and oxygen atoms in total. The Morgan fingerprint density at radius 2 is 2.00 bits per heavy atom. The van der Waals surface area contributed by atoms with Gasteiger partial charge in [0.25, 0.3) is 0 Å². The van der Waals surface area contributed by atoms with E-state index in [2.05, 4.69) is 25.6 Å². The van der Waals surface area contributed by atoms with Gasteiger partial charge < -0.3 is 15.0 Å². The number of nitrogens with one attached hydrogen (secondary N) is 1. The van der Waals surface area contributed by atoms with Crippen LogP contribution in [-0.2, 0) is 6.61 Å².